The number of carbonyl (C=O) groups excluding carboxylic acids is 1. The van der Waals surface area contributed by atoms with Gasteiger partial charge in [-0.15, -0.1) is 0 Å². The molecule has 0 unspecified atom stereocenters. The molecule has 2 atom stereocenters. The van der Waals surface area contributed by atoms with E-state index in [0.717, 1.165) is 19.3 Å². The van der Waals surface area contributed by atoms with Crippen molar-refractivity contribution in [1.82, 2.24) is 15.3 Å². The van der Waals surface area contributed by atoms with Gasteiger partial charge in [-0.1, -0.05) is 19.8 Å². The Kier molecular flexibility index (Phi) is 4.11. The van der Waals surface area contributed by atoms with Crippen LogP contribution >= 0.6 is 12.2 Å². The van der Waals surface area contributed by atoms with Crippen molar-refractivity contribution in [2.24, 2.45) is 5.92 Å². The highest BCUT2D eigenvalue weighted by Crippen LogP contribution is 2.23. The molecule has 1 aromatic heterocycles. The van der Waals surface area contributed by atoms with E-state index in [4.69, 9.17) is 12.2 Å². The second-order valence-electron chi connectivity index (χ2n) is 6.11. The number of rotatable bonds is 2. The Morgan fingerprint density at radius 1 is 1.32 bits per heavy atom. The number of nitrogens with one attached hydrogen (secondary N) is 3. The van der Waals surface area contributed by atoms with E-state index in [2.05, 4.69) is 22.2 Å². The number of H-pyrrole nitrogens is 2. The number of amides is 1. The van der Waals surface area contributed by atoms with Gasteiger partial charge >= 0.3 is 0 Å². The minimum atomic E-state index is -0.244. The Hall–Kier alpha value is -1.95. The van der Waals surface area contributed by atoms with Crippen molar-refractivity contribution < 1.29 is 4.79 Å². The van der Waals surface area contributed by atoms with Crippen molar-refractivity contribution >= 4 is 29.0 Å². The van der Waals surface area contributed by atoms with Crippen molar-refractivity contribution in [3.63, 3.8) is 0 Å². The van der Waals surface area contributed by atoms with Gasteiger partial charge in [-0.25, -0.2) is 0 Å². The Balaban J connectivity index is 1.85. The molecule has 1 amide bonds. The highest BCUT2D eigenvalue weighted by molar-refractivity contribution is 7.71. The number of hydrogen-bond donors (Lipinski definition) is 3. The predicted molar refractivity (Wildman–Crippen MR) is 88.6 cm³/mol. The fraction of sp³-hybridized carbons (Fsp3) is 0.438. The summed E-state index contributed by atoms with van der Waals surface area (Å²) in [4.78, 5) is 29.6. The SMILES string of the molecule is C[C@@H]1CCC[C@@H](NC(=O)c2ccc3c(=O)[nH]c(=S)[nH]c3c2)C1. The summed E-state index contributed by atoms with van der Waals surface area (Å²) in [6.45, 7) is 2.22. The molecule has 3 N–H and O–H groups in total. The van der Waals surface area contributed by atoms with Gasteiger partial charge in [-0.05, 0) is 49.2 Å². The van der Waals surface area contributed by atoms with Gasteiger partial charge in [0.2, 0.25) is 0 Å². The first kappa shape index (κ1) is 15.0. The third-order valence-corrected chi connectivity index (χ3v) is 4.48. The topological polar surface area (TPSA) is 77.8 Å². The highest BCUT2D eigenvalue weighted by atomic mass is 32.1. The summed E-state index contributed by atoms with van der Waals surface area (Å²) in [5.74, 6) is 0.561. The number of fused-ring (bicyclic) bond motifs is 1. The van der Waals surface area contributed by atoms with Crippen LogP contribution in [0.3, 0.4) is 0 Å². The van der Waals surface area contributed by atoms with Crippen LogP contribution in [0.25, 0.3) is 10.9 Å². The zero-order chi connectivity index (χ0) is 15.7. The van der Waals surface area contributed by atoms with Gasteiger partial charge in [-0.2, -0.15) is 0 Å². The molecule has 0 spiro atoms. The van der Waals surface area contributed by atoms with E-state index in [1.807, 2.05) is 0 Å². The molecule has 2 aromatic rings. The fourth-order valence-corrected chi connectivity index (χ4v) is 3.35. The van der Waals surface area contributed by atoms with Crippen molar-refractivity contribution in [3.05, 3.63) is 38.9 Å². The quantitative estimate of drug-likeness (QED) is 0.745. The maximum absolute atomic E-state index is 12.4. The standard InChI is InChI=1S/C16H19N3O2S/c1-9-3-2-4-11(7-9)17-14(20)10-5-6-12-13(8-10)18-16(22)19-15(12)21/h5-6,8-9,11H,2-4,7H2,1H3,(H,17,20)(H2,18,19,21,22)/t9-,11-/m1/s1. The van der Waals surface area contributed by atoms with Crippen LogP contribution in [-0.4, -0.2) is 21.9 Å². The molecule has 1 saturated carbocycles. The molecule has 1 aliphatic carbocycles. The summed E-state index contributed by atoms with van der Waals surface area (Å²) >= 11 is 4.97. The van der Waals surface area contributed by atoms with Gasteiger partial charge in [0.05, 0.1) is 10.9 Å². The van der Waals surface area contributed by atoms with E-state index >= 15 is 0 Å². The fourth-order valence-electron chi connectivity index (χ4n) is 3.14. The lowest BCUT2D eigenvalue weighted by Crippen LogP contribution is -2.38. The van der Waals surface area contributed by atoms with E-state index in [-0.39, 0.29) is 22.3 Å². The molecular formula is C16H19N3O2S. The molecule has 22 heavy (non-hydrogen) atoms. The average Bonchev–Trinajstić information content (AvgIpc) is 2.46. The molecule has 0 bridgehead atoms. The van der Waals surface area contributed by atoms with E-state index in [0.29, 0.717) is 22.4 Å². The Morgan fingerprint density at radius 3 is 2.91 bits per heavy atom. The molecule has 5 nitrogen and oxygen atoms in total. The van der Waals surface area contributed by atoms with Gasteiger partial charge in [0.25, 0.3) is 11.5 Å². The lowest BCUT2D eigenvalue weighted by Gasteiger charge is -2.27. The van der Waals surface area contributed by atoms with Gasteiger partial charge in [0.15, 0.2) is 4.77 Å². The molecule has 3 rings (SSSR count). The zero-order valence-electron chi connectivity index (χ0n) is 12.4. The average molecular weight is 317 g/mol. The maximum Gasteiger partial charge on any atom is 0.259 e. The van der Waals surface area contributed by atoms with Crippen LogP contribution in [0.4, 0.5) is 0 Å². The van der Waals surface area contributed by atoms with Crippen molar-refractivity contribution in [3.8, 4) is 0 Å². The van der Waals surface area contributed by atoms with E-state index < -0.39 is 0 Å². The van der Waals surface area contributed by atoms with Crippen LogP contribution in [0.1, 0.15) is 43.0 Å². The van der Waals surface area contributed by atoms with Crippen LogP contribution in [0.5, 0.6) is 0 Å². The number of aromatic nitrogens is 2. The number of carbonyl (C=O) groups is 1. The molecule has 1 aromatic carbocycles. The molecule has 1 heterocycles. The van der Waals surface area contributed by atoms with Crippen molar-refractivity contribution in [2.45, 2.75) is 38.6 Å². The van der Waals surface area contributed by atoms with Crippen LogP contribution < -0.4 is 10.9 Å². The number of aromatic amines is 2. The molecular weight excluding hydrogens is 298 g/mol. The smallest absolute Gasteiger partial charge is 0.259 e. The summed E-state index contributed by atoms with van der Waals surface area (Å²) < 4.78 is 0.260. The third kappa shape index (κ3) is 3.11. The molecule has 0 aliphatic heterocycles. The largest absolute Gasteiger partial charge is 0.349 e. The molecule has 1 aliphatic rings. The summed E-state index contributed by atoms with van der Waals surface area (Å²) in [6.07, 6.45) is 4.46. The van der Waals surface area contributed by atoms with Gasteiger partial charge in [0.1, 0.15) is 0 Å². The molecule has 1 fully saturated rings. The molecule has 0 saturated heterocycles. The lowest BCUT2D eigenvalue weighted by atomic mass is 9.87. The van der Waals surface area contributed by atoms with E-state index in [1.165, 1.54) is 6.42 Å². The second kappa shape index (κ2) is 6.04. The minimum absolute atomic E-state index is 0.0967. The minimum Gasteiger partial charge on any atom is -0.349 e. The first-order valence-electron chi connectivity index (χ1n) is 7.60. The summed E-state index contributed by atoms with van der Waals surface area (Å²) in [6, 6.07) is 5.25. The summed E-state index contributed by atoms with van der Waals surface area (Å²) in [5.41, 5.74) is 0.882. The Bertz CT molecular complexity index is 824. The normalized spacial score (nSPS) is 21.7. The number of hydrogen-bond acceptors (Lipinski definition) is 3. The van der Waals surface area contributed by atoms with Crippen molar-refractivity contribution in [1.29, 1.82) is 0 Å². The predicted octanol–water partition coefficient (Wildman–Crippen LogP) is 2.89. The van der Waals surface area contributed by atoms with Gasteiger partial charge in [0, 0.05) is 11.6 Å². The first-order chi connectivity index (χ1) is 10.5. The lowest BCUT2D eigenvalue weighted by molar-refractivity contribution is 0.0921. The number of benzene rings is 1. The maximum atomic E-state index is 12.4. The van der Waals surface area contributed by atoms with E-state index in [1.54, 1.807) is 18.2 Å². The summed E-state index contributed by atoms with van der Waals surface area (Å²) in [5, 5.41) is 3.59. The highest BCUT2D eigenvalue weighted by Gasteiger charge is 2.21. The van der Waals surface area contributed by atoms with Crippen LogP contribution in [-0.2, 0) is 0 Å². The van der Waals surface area contributed by atoms with Crippen molar-refractivity contribution in [2.75, 3.05) is 0 Å². The third-order valence-electron chi connectivity index (χ3n) is 4.27. The van der Waals surface area contributed by atoms with Crippen LogP contribution in [0, 0.1) is 10.7 Å². The molecule has 6 heteroatoms. The van der Waals surface area contributed by atoms with Gasteiger partial charge < -0.3 is 10.3 Å². The van der Waals surface area contributed by atoms with Crippen LogP contribution in [0.15, 0.2) is 23.0 Å². The Labute approximate surface area is 133 Å². The second-order valence-corrected chi connectivity index (χ2v) is 6.52. The molecule has 0 radical (unpaired) electrons. The Morgan fingerprint density at radius 2 is 2.14 bits per heavy atom. The van der Waals surface area contributed by atoms with Crippen LogP contribution in [0.2, 0.25) is 0 Å². The zero-order valence-corrected chi connectivity index (χ0v) is 13.3. The molecule has 116 valence electrons. The first-order valence-corrected chi connectivity index (χ1v) is 8.01. The van der Waals surface area contributed by atoms with E-state index in [9.17, 15) is 9.59 Å². The monoisotopic (exact) mass is 317 g/mol. The summed E-state index contributed by atoms with van der Waals surface area (Å²) in [7, 11) is 0. The van der Waals surface area contributed by atoms with Gasteiger partial charge in [-0.3, -0.25) is 14.6 Å².